The highest BCUT2D eigenvalue weighted by molar-refractivity contribution is 6.01. The number of aliphatic hydroxyl groups is 1. The predicted octanol–water partition coefficient (Wildman–Crippen LogP) is 4.24. The number of para-hydroxylation sites is 2. The third-order valence-corrected chi connectivity index (χ3v) is 6.41. The molecule has 32 heavy (non-hydrogen) atoms. The van der Waals surface area contributed by atoms with Gasteiger partial charge in [0.2, 0.25) is 6.23 Å². The molecule has 0 unspecified atom stereocenters. The fourth-order valence-corrected chi connectivity index (χ4v) is 5.05. The van der Waals surface area contributed by atoms with Gasteiger partial charge in [-0.15, -0.1) is 0 Å². The van der Waals surface area contributed by atoms with Crippen molar-refractivity contribution in [2.75, 3.05) is 26.6 Å². The predicted molar refractivity (Wildman–Crippen MR) is 121 cm³/mol. The number of hydrogen-bond acceptors (Lipinski definition) is 6. The van der Waals surface area contributed by atoms with Crippen molar-refractivity contribution in [2.24, 2.45) is 0 Å². The van der Waals surface area contributed by atoms with Gasteiger partial charge in [-0.3, -0.25) is 0 Å². The van der Waals surface area contributed by atoms with E-state index < -0.39 is 11.8 Å². The fourth-order valence-electron chi connectivity index (χ4n) is 5.05. The van der Waals surface area contributed by atoms with Gasteiger partial charge < -0.3 is 34.4 Å². The van der Waals surface area contributed by atoms with Crippen LogP contribution < -0.4 is 24.3 Å². The second kappa shape index (κ2) is 6.58. The number of hydrogen-bond donors (Lipinski definition) is 3. The number of aromatic amines is 1. The topological polar surface area (TPSA) is 85.0 Å². The fraction of sp³-hybridized carbons (Fsp3) is 0.200. The van der Waals surface area contributed by atoms with E-state index in [2.05, 4.69) is 10.3 Å². The van der Waals surface area contributed by atoms with Crippen molar-refractivity contribution in [3.63, 3.8) is 0 Å². The van der Waals surface area contributed by atoms with Crippen molar-refractivity contribution in [1.29, 1.82) is 0 Å². The molecule has 2 aliphatic rings. The van der Waals surface area contributed by atoms with E-state index in [1.807, 2.05) is 54.7 Å². The molecule has 0 fully saturated rings. The minimum absolute atomic E-state index is 0.409. The maximum absolute atomic E-state index is 12.0. The SMILES string of the molecule is COc1c(OC)c2c(c(OC)c1-c1c[nH]c3ccccc13)O[C@@H]1Nc3ccccc3[C@]21O. The van der Waals surface area contributed by atoms with Gasteiger partial charge in [-0.1, -0.05) is 36.4 Å². The lowest BCUT2D eigenvalue weighted by Crippen LogP contribution is -2.38. The lowest BCUT2D eigenvalue weighted by molar-refractivity contribution is 0.0172. The van der Waals surface area contributed by atoms with Crippen LogP contribution in [0.15, 0.2) is 54.7 Å². The van der Waals surface area contributed by atoms with Gasteiger partial charge in [-0.25, -0.2) is 0 Å². The molecule has 3 N–H and O–H groups in total. The van der Waals surface area contributed by atoms with Crippen LogP contribution in [0.5, 0.6) is 23.0 Å². The van der Waals surface area contributed by atoms with Crippen LogP contribution in [-0.4, -0.2) is 37.6 Å². The molecule has 0 saturated heterocycles. The van der Waals surface area contributed by atoms with E-state index in [-0.39, 0.29) is 0 Å². The molecular weight excluding hydrogens is 408 g/mol. The summed E-state index contributed by atoms with van der Waals surface area (Å²) in [6.07, 6.45) is 1.19. The lowest BCUT2D eigenvalue weighted by atomic mass is 9.85. The molecular formula is C25H22N2O5. The van der Waals surface area contributed by atoms with Gasteiger partial charge in [0.1, 0.15) is 0 Å². The molecule has 0 radical (unpaired) electrons. The molecule has 162 valence electrons. The first-order valence-corrected chi connectivity index (χ1v) is 10.3. The first-order valence-electron chi connectivity index (χ1n) is 10.3. The molecule has 2 atom stereocenters. The number of H-pyrrole nitrogens is 1. The van der Waals surface area contributed by atoms with Gasteiger partial charge in [0.15, 0.2) is 28.6 Å². The maximum atomic E-state index is 12.0. The van der Waals surface area contributed by atoms with Gasteiger partial charge in [-0.2, -0.15) is 0 Å². The number of ether oxygens (including phenoxy) is 4. The molecule has 4 aromatic rings. The number of fused-ring (bicyclic) bond motifs is 6. The zero-order valence-corrected chi connectivity index (χ0v) is 17.9. The average Bonchev–Trinajstić information content (AvgIpc) is 3.46. The van der Waals surface area contributed by atoms with E-state index in [9.17, 15) is 5.11 Å². The van der Waals surface area contributed by atoms with Crippen LogP contribution in [-0.2, 0) is 5.60 Å². The summed E-state index contributed by atoms with van der Waals surface area (Å²) in [5.41, 5.74) is 3.11. The summed E-state index contributed by atoms with van der Waals surface area (Å²) >= 11 is 0. The summed E-state index contributed by atoms with van der Waals surface area (Å²) in [5, 5.41) is 16.3. The Morgan fingerprint density at radius 2 is 1.62 bits per heavy atom. The summed E-state index contributed by atoms with van der Waals surface area (Å²) in [6.45, 7) is 0. The van der Waals surface area contributed by atoms with E-state index in [1.165, 1.54) is 0 Å². The number of benzene rings is 3. The minimum Gasteiger partial charge on any atom is -0.492 e. The summed E-state index contributed by atoms with van der Waals surface area (Å²) < 4.78 is 23.9. The van der Waals surface area contributed by atoms with Crippen molar-refractivity contribution in [3.8, 4) is 34.1 Å². The van der Waals surface area contributed by atoms with E-state index in [0.29, 0.717) is 39.7 Å². The second-order valence-corrected chi connectivity index (χ2v) is 7.88. The van der Waals surface area contributed by atoms with Crippen LogP contribution in [0.4, 0.5) is 5.69 Å². The molecule has 7 heteroatoms. The van der Waals surface area contributed by atoms with Crippen LogP contribution in [0.3, 0.4) is 0 Å². The minimum atomic E-state index is -1.46. The van der Waals surface area contributed by atoms with E-state index in [1.54, 1.807) is 21.3 Å². The molecule has 3 aromatic carbocycles. The Bertz CT molecular complexity index is 1380. The van der Waals surface area contributed by atoms with Crippen molar-refractivity contribution in [3.05, 3.63) is 65.9 Å². The summed E-state index contributed by atoms with van der Waals surface area (Å²) in [6, 6.07) is 15.6. The molecule has 0 saturated carbocycles. The van der Waals surface area contributed by atoms with Gasteiger partial charge in [0, 0.05) is 33.9 Å². The van der Waals surface area contributed by atoms with E-state index in [0.717, 1.165) is 22.2 Å². The normalized spacial score (nSPS) is 20.2. The molecule has 3 heterocycles. The van der Waals surface area contributed by atoms with Crippen LogP contribution in [0, 0.1) is 0 Å². The summed E-state index contributed by atoms with van der Waals surface area (Å²) in [7, 11) is 4.73. The Balaban J connectivity index is 1.71. The smallest absolute Gasteiger partial charge is 0.208 e. The van der Waals surface area contributed by atoms with Crippen LogP contribution in [0.1, 0.15) is 11.1 Å². The zero-order valence-electron chi connectivity index (χ0n) is 17.9. The Morgan fingerprint density at radius 3 is 2.41 bits per heavy atom. The van der Waals surface area contributed by atoms with Crippen molar-refractivity contribution < 1.29 is 24.1 Å². The number of nitrogens with one attached hydrogen (secondary N) is 2. The molecule has 0 aliphatic carbocycles. The number of anilines is 1. The van der Waals surface area contributed by atoms with E-state index >= 15 is 0 Å². The van der Waals surface area contributed by atoms with Crippen molar-refractivity contribution in [1.82, 2.24) is 4.98 Å². The Labute approximate surface area is 184 Å². The van der Waals surface area contributed by atoms with Crippen molar-refractivity contribution >= 4 is 16.6 Å². The number of aromatic nitrogens is 1. The Morgan fingerprint density at radius 1 is 0.906 bits per heavy atom. The van der Waals surface area contributed by atoms with Gasteiger partial charge in [0.25, 0.3) is 0 Å². The lowest BCUT2D eigenvalue weighted by Gasteiger charge is -2.25. The first-order chi connectivity index (χ1) is 15.6. The highest BCUT2D eigenvalue weighted by Crippen LogP contribution is 2.63. The Hall–Kier alpha value is -3.84. The van der Waals surface area contributed by atoms with Gasteiger partial charge in [-0.05, 0) is 12.1 Å². The molecule has 6 rings (SSSR count). The molecule has 7 nitrogen and oxygen atoms in total. The van der Waals surface area contributed by atoms with Crippen LogP contribution in [0.2, 0.25) is 0 Å². The first kappa shape index (κ1) is 18.9. The quantitative estimate of drug-likeness (QED) is 0.449. The molecule has 0 bridgehead atoms. The summed E-state index contributed by atoms with van der Waals surface area (Å²) in [4.78, 5) is 3.30. The highest BCUT2D eigenvalue weighted by atomic mass is 16.6. The maximum Gasteiger partial charge on any atom is 0.208 e. The molecule has 0 spiro atoms. The average molecular weight is 430 g/mol. The van der Waals surface area contributed by atoms with E-state index in [4.69, 9.17) is 18.9 Å². The summed E-state index contributed by atoms with van der Waals surface area (Å²) in [5.74, 6) is 1.78. The van der Waals surface area contributed by atoms with Crippen LogP contribution >= 0.6 is 0 Å². The molecule has 0 amide bonds. The largest absolute Gasteiger partial charge is 0.492 e. The Kier molecular flexibility index (Phi) is 3.88. The number of rotatable bonds is 4. The second-order valence-electron chi connectivity index (χ2n) is 7.88. The molecule has 1 aromatic heterocycles. The van der Waals surface area contributed by atoms with Gasteiger partial charge in [0.05, 0.1) is 32.5 Å². The number of methoxy groups -OCH3 is 3. The highest BCUT2D eigenvalue weighted by Gasteiger charge is 2.58. The zero-order chi connectivity index (χ0) is 22.0. The monoisotopic (exact) mass is 430 g/mol. The standard InChI is InChI=1S/C25H22N2O5/c1-29-20-18(14-12-26-16-10-6-4-8-13(14)16)21(30-2)23-19(22(20)31-3)25(28)15-9-5-7-11-17(15)27-24(25)32-23/h4-12,24,26-28H,1-3H3/t24-,25-/m0/s1. The third-order valence-electron chi connectivity index (χ3n) is 6.41. The molecule has 2 aliphatic heterocycles. The van der Waals surface area contributed by atoms with Crippen LogP contribution in [0.25, 0.3) is 22.0 Å². The third kappa shape index (κ3) is 2.18. The van der Waals surface area contributed by atoms with Gasteiger partial charge >= 0.3 is 0 Å². The van der Waals surface area contributed by atoms with Crippen molar-refractivity contribution in [2.45, 2.75) is 11.8 Å².